The third-order valence-electron chi connectivity index (χ3n) is 3.55. The van der Waals surface area contributed by atoms with Crippen molar-refractivity contribution in [1.82, 2.24) is 0 Å². The van der Waals surface area contributed by atoms with Gasteiger partial charge in [-0.2, -0.15) is 0 Å². The number of rotatable bonds is 4. The Morgan fingerprint density at radius 1 is 1.40 bits per heavy atom. The van der Waals surface area contributed by atoms with Gasteiger partial charge in [0.2, 0.25) is 5.91 Å². The lowest BCUT2D eigenvalue weighted by Crippen LogP contribution is -2.23. The Kier molecular flexibility index (Phi) is 4.24. The van der Waals surface area contributed by atoms with Crippen LogP contribution in [0.5, 0.6) is 5.75 Å². The van der Waals surface area contributed by atoms with Crippen LogP contribution in [0.1, 0.15) is 29.6 Å². The highest BCUT2D eigenvalue weighted by molar-refractivity contribution is 5.96. The molecule has 4 N–H and O–H groups in total. The monoisotopic (exact) mass is 278 g/mol. The van der Waals surface area contributed by atoms with E-state index in [1.54, 1.807) is 0 Å². The molecular weight excluding hydrogens is 260 g/mol. The van der Waals surface area contributed by atoms with Gasteiger partial charge in [-0.05, 0) is 37.5 Å². The maximum Gasteiger partial charge on any atom is 0.335 e. The minimum Gasteiger partial charge on any atom is -0.495 e. The average molecular weight is 278 g/mol. The normalized spacial score (nSPS) is 21.5. The lowest BCUT2D eigenvalue weighted by molar-refractivity contribution is -0.119. The van der Waals surface area contributed by atoms with Crippen molar-refractivity contribution in [3.05, 3.63) is 23.8 Å². The first kappa shape index (κ1) is 14.3. The highest BCUT2D eigenvalue weighted by Crippen LogP contribution is 2.29. The largest absolute Gasteiger partial charge is 0.495 e. The number of benzene rings is 1. The minimum absolute atomic E-state index is 0.0676. The fourth-order valence-corrected chi connectivity index (χ4v) is 2.43. The van der Waals surface area contributed by atoms with Gasteiger partial charge in [-0.1, -0.05) is 0 Å². The maximum absolute atomic E-state index is 12.1. The van der Waals surface area contributed by atoms with Gasteiger partial charge in [0.05, 0.1) is 18.4 Å². The highest BCUT2D eigenvalue weighted by atomic mass is 16.5. The molecule has 6 nitrogen and oxygen atoms in total. The smallest absolute Gasteiger partial charge is 0.335 e. The fraction of sp³-hybridized carbons (Fsp3) is 0.429. The molecule has 1 saturated carbocycles. The van der Waals surface area contributed by atoms with Gasteiger partial charge in [-0.3, -0.25) is 4.79 Å². The van der Waals surface area contributed by atoms with Crippen molar-refractivity contribution in [3.63, 3.8) is 0 Å². The summed E-state index contributed by atoms with van der Waals surface area (Å²) in [6.07, 6.45) is 2.26. The zero-order chi connectivity index (χ0) is 14.7. The summed E-state index contributed by atoms with van der Waals surface area (Å²) in [6, 6.07) is 4.42. The Hall–Kier alpha value is -2.08. The zero-order valence-corrected chi connectivity index (χ0v) is 11.3. The first-order valence-electron chi connectivity index (χ1n) is 6.49. The number of carboxylic acids is 1. The van der Waals surface area contributed by atoms with Gasteiger partial charge < -0.3 is 20.9 Å². The minimum atomic E-state index is -1.05. The molecule has 0 spiro atoms. The Bertz CT molecular complexity index is 530. The van der Waals surface area contributed by atoms with Crippen molar-refractivity contribution in [2.24, 2.45) is 11.7 Å². The Morgan fingerprint density at radius 3 is 2.70 bits per heavy atom. The van der Waals surface area contributed by atoms with Crippen LogP contribution in [-0.2, 0) is 4.79 Å². The molecular formula is C14H18N2O4. The molecule has 1 aromatic carbocycles. The van der Waals surface area contributed by atoms with Gasteiger partial charge in [0.25, 0.3) is 0 Å². The van der Waals surface area contributed by atoms with Crippen molar-refractivity contribution in [3.8, 4) is 5.75 Å². The van der Waals surface area contributed by atoms with Gasteiger partial charge in [0, 0.05) is 12.0 Å². The SMILES string of the molecule is COc1ccc(C(=O)O)cc1NC(=O)C1CCC(N)C1. The predicted molar refractivity (Wildman–Crippen MR) is 73.9 cm³/mol. The van der Waals surface area contributed by atoms with E-state index < -0.39 is 5.97 Å². The van der Waals surface area contributed by atoms with Crippen molar-refractivity contribution in [2.75, 3.05) is 12.4 Å². The van der Waals surface area contributed by atoms with Gasteiger partial charge in [-0.25, -0.2) is 4.79 Å². The molecule has 0 bridgehead atoms. The van der Waals surface area contributed by atoms with Gasteiger partial charge >= 0.3 is 5.97 Å². The molecule has 6 heteroatoms. The summed E-state index contributed by atoms with van der Waals surface area (Å²) >= 11 is 0. The van der Waals surface area contributed by atoms with E-state index in [2.05, 4.69) is 5.32 Å². The number of amides is 1. The van der Waals surface area contributed by atoms with E-state index in [-0.39, 0.29) is 23.4 Å². The number of anilines is 1. The second-order valence-electron chi connectivity index (χ2n) is 4.98. The van der Waals surface area contributed by atoms with Crippen molar-refractivity contribution in [2.45, 2.75) is 25.3 Å². The highest BCUT2D eigenvalue weighted by Gasteiger charge is 2.28. The molecule has 2 rings (SSSR count). The summed E-state index contributed by atoms with van der Waals surface area (Å²) in [4.78, 5) is 23.1. The molecule has 1 aromatic rings. The van der Waals surface area contributed by atoms with E-state index in [1.165, 1.54) is 25.3 Å². The molecule has 2 unspecified atom stereocenters. The van der Waals surface area contributed by atoms with E-state index in [1.807, 2.05) is 0 Å². The van der Waals surface area contributed by atoms with Crippen molar-refractivity contribution in [1.29, 1.82) is 0 Å². The predicted octanol–water partition coefficient (Wildman–Crippen LogP) is 1.46. The van der Waals surface area contributed by atoms with Gasteiger partial charge in [0.1, 0.15) is 5.75 Å². The van der Waals surface area contributed by atoms with Gasteiger partial charge in [-0.15, -0.1) is 0 Å². The number of carbonyl (C=O) groups is 2. The standard InChI is InChI=1S/C14H18N2O4/c1-20-12-5-3-9(14(18)19)7-11(12)16-13(17)8-2-4-10(15)6-8/h3,5,7-8,10H,2,4,6,15H2,1H3,(H,16,17)(H,18,19). The number of methoxy groups -OCH3 is 1. The van der Waals surface area contributed by atoms with Crippen LogP contribution in [0.4, 0.5) is 5.69 Å². The topological polar surface area (TPSA) is 102 Å². The number of nitrogens with one attached hydrogen (secondary N) is 1. The molecule has 108 valence electrons. The van der Waals surface area contributed by atoms with E-state index in [9.17, 15) is 9.59 Å². The van der Waals surface area contributed by atoms with Gasteiger partial charge in [0.15, 0.2) is 0 Å². The number of nitrogens with two attached hydrogens (primary N) is 1. The van der Waals surface area contributed by atoms with Crippen LogP contribution in [0.25, 0.3) is 0 Å². The van der Waals surface area contributed by atoms with Crippen LogP contribution in [-0.4, -0.2) is 30.1 Å². The van der Waals surface area contributed by atoms with E-state index >= 15 is 0 Å². The molecule has 1 aliphatic carbocycles. The number of aromatic carboxylic acids is 1. The molecule has 0 aromatic heterocycles. The summed E-state index contributed by atoms with van der Waals surface area (Å²) in [5, 5.41) is 11.7. The quantitative estimate of drug-likeness (QED) is 0.774. The summed E-state index contributed by atoms with van der Waals surface area (Å²) in [5.41, 5.74) is 6.27. The zero-order valence-electron chi connectivity index (χ0n) is 11.3. The second-order valence-corrected chi connectivity index (χ2v) is 4.98. The summed E-state index contributed by atoms with van der Waals surface area (Å²) in [6.45, 7) is 0. The van der Waals surface area contributed by atoms with Crippen LogP contribution in [0.2, 0.25) is 0 Å². The number of carboxylic acid groups (broad SMARTS) is 1. The Morgan fingerprint density at radius 2 is 2.15 bits per heavy atom. The second kappa shape index (κ2) is 5.92. The molecule has 0 heterocycles. The van der Waals surface area contributed by atoms with E-state index in [0.717, 1.165) is 12.8 Å². The first-order valence-corrected chi connectivity index (χ1v) is 6.49. The molecule has 0 aliphatic heterocycles. The third kappa shape index (κ3) is 3.08. The average Bonchev–Trinajstić information content (AvgIpc) is 2.85. The number of hydrogen-bond acceptors (Lipinski definition) is 4. The summed E-state index contributed by atoms with van der Waals surface area (Å²) in [7, 11) is 1.47. The third-order valence-corrected chi connectivity index (χ3v) is 3.55. The van der Waals surface area contributed by atoms with Crippen molar-refractivity contribution >= 4 is 17.6 Å². The molecule has 1 fully saturated rings. The first-order chi connectivity index (χ1) is 9.51. The van der Waals surface area contributed by atoms with E-state index in [4.69, 9.17) is 15.6 Å². The maximum atomic E-state index is 12.1. The number of carbonyl (C=O) groups excluding carboxylic acids is 1. The Balaban J connectivity index is 2.16. The fourth-order valence-electron chi connectivity index (χ4n) is 2.43. The molecule has 2 atom stereocenters. The molecule has 0 radical (unpaired) electrons. The number of hydrogen-bond donors (Lipinski definition) is 3. The van der Waals surface area contributed by atoms with Crippen LogP contribution < -0.4 is 15.8 Å². The molecule has 0 saturated heterocycles. The Labute approximate surface area is 116 Å². The molecule has 20 heavy (non-hydrogen) atoms. The van der Waals surface area contributed by atoms with Crippen molar-refractivity contribution < 1.29 is 19.4 Å². The molecule has 1 aliphatic rings. The van der Waals surface area contributed by atoms with Crippen LogP contribution in [0.3, 0.4) is 0 Å². The van der Waals surface area contributed by atoms with Crippen LogP contribution in [0.15, 0.2) is 18.2 Å². The molecule has 1 amide bonds. The lowest BCUT2D eigenvalue weighted by Gasteiger charge is -2.14. The summed E-state index contributed by atoms with van der Waals surface area (Å²) < 4.78 is 5.13. The number of ether oxygens (including phenoxy) is 1. The van der Waals surface area contributed by atoms with Crippen LogP contribution in [0, 0.1) is 5.92 Å². The lowest BCUT2D eigenvalue weighted by atomic mass is 10.1. The summed E-state index contributed by atoms with van der Waals surface area (Å²) in [5.74, 6) is -0.876. The van der Waals surface area contributed by atoms with Crippen LogP contribution >= 0.6 is 0 Å². The van der Waals surface area contributed by atoms with E-state index in [0.29, 0.717) is 17.9 Å².